The maximum atomic E-state index is 15.0. The van der Waals surface area contributed by atoms with Crippen LogP contribution < -0.4 is 0 Å². The highest BCUT2D eigenvalue weighted by Crippen LogP contribution is 2.35. The molecule has 0 aliphatic carbocycles. The predicted octanol–water partition coefficient (Wildman–Crippen LogP) is 5.04. The number of pyridine rings is 1. The molecule has 0 atom stereocenters. The van der Waals surface area contributed by atoms with E-state index >= 15 is 8.78 Å². The minimum Gasteiger partial charge on any atom is -0.315 e. The van der Waals surface area contributed by atoms with Gasteiger partial charge in [-0.1, -0.05) is 17.3 Å². The number of imidazole rings is 1. The summed E-state index contributed by atoms with van der Waals surface area (Å²) in [4.78, 5) is 8.90. The summed E-state index contributed by atoms with van der Waals surface area (Å²) in [5.41, 5.74) is 2.90. The van der Waals surface area contributed by atoms with Gasteiger partial charge in [0.25, 0.3) is 0 Å². The normalized spacial score (nSPS) is 11.6. The van der Waals surface area contributed by atoms with Crippen LogP contribution in [0.3, 0.4) is 0 Å². The molecule has 6 nitrogen and oxygen atoms in total. The van der Waals surface area contributed by atoms with Crippen molar-refractivity contribution in [3.05, 3.63) is 94.6 Å². The molecule has 0 bridgehead atoms. The van der Waals surface area contributed by atoms with Crippen LogP contribution in [-0.4, -0.2) is 29.5 Å². The molecule has 0 radical (unpaired) electrons. The van der Waals surface area contributed by atoms with Gasteiger partial charge in [-0.3, -0.25) is 0 Å². The van der Waals surface area contributed by atoms with Crippen molar-refractivity contribution < 1.29 is 17.6 Å². The maximum Gasteiger partial charge on any atom is 0.177 e. The van der Waals surface area contributed by atoms with Crippen molar-refractivity contribution in [3.63, 3.8) is 0 Å². The third kappa shape index (κ3) is 3.51. The van der Waals surface area contributed by atoms with Crippen molar-refractivity contribution in [1.82, 2.24) is 29.5 Å². The molecule has 0 saturated heterocycles. The molecule has 0 aliphatic rings. The lowest BCUT2D eigenvalue weighted by Crippen LogP contribution is -2.17. The summed E-state index contributed by atoms with van der Waals surface area (Å²) in [6.07, 6.45) is 1.62. The standard InChI is InChI=1S/C24H18F4N6/c1-12-22(33(3)32-31-12)14-8-21-24(29-11-14)30-13(2)34(21)23(17-6-4-15(25)9-19(17)27)18-7-5-16(26)10-20(18)28/h4-11,23H,1-3H3. The van der Waals surface area contributed by atoms with Crippen LogP contribution in [0, 0.1) is 37.1 Å². The second-order valence-corrected chi connectivity index (χ2v) is 7.98. The highest BCUT2D eigenvalue weighted by molar-refractivity contribution is 5.79. The number of halogens is 4. The number of hydrogen-bond acceptors (Lipinski definition) is 4. The van der Waals surface area contributed by atoms with Crippen molar-refractivity contribution in [2.75, 3.05) is 0 Å². The first-order chi connectivity index (χ1) is 16.2. The number of hydrogen-bond donors (Lipinski definition) is 0. The third-order valence-electron chi connectivity index (χ3n) is 5.76. The number of benzene rings is 2. The average Bonchev–Trinajstić information content (AvgIpc) is 3.28. The van der Waals surface area contributed by atoms with Gasteiger partial charge >= 0.3 is 0 Å². The summed E-state index contributed by atoms with van der Waals surface area (Å²) in [5, 5.41) is 8.08. The molecule has 34 heavy (non-hydrogen) atoms. The molecule has 0 fully saturated rings. The molecule has 5 aromatic rings. The molecule has 5 rings (SSSR count). The van der Waals surface area contributed by atoms with Gasteiger partial charge in [0, 0.05) is 42.1 Å². The first kappa shape index (κ1) is 21.7. The van der Waals surface area contributed by atoms with Crippen molar-refractivity contribution in [1.29, 1.82) is 0 Å². The molecule has 2 aromatic carbocycles. The van der Waals surface area contributed by atoms with Crippen LogP contribution in [0.5, 0.6) is 0 Å². The van der Waals surface area contributed by atoms with E-state index < -0.39 is 29.3 Å². The van der Waals surface area contributed by atoms with Crippen molar-refractivity contribution in [3.8, 4) is 11.3 Å². The first-order valence-electron chi connectivity index (χ1n) is 10.4. The van der Waals surface area contributed by atoms with Gasteiger partial charge in [-0.05, 0) is 32.0 Å². The Hall–Kier alpha value is -4.08. The summed E-state index contributed by atoms with van der Waals surface area (Å²) < 4.78 is 60.7. The van der Waals surface area contributed by atoms with Crippen LogP contribution >= 0.6 is 0 Å². The van der Waals surface area contributed by atoms with E-state index in [-0.39, 0.29) is 11.1 Å². The van der Waals surface area contributed by atoms with Gasteiger partial charge in [-0.25, -0.2) is 32.2 Å². The Kier molecular flexibility index (Phi) is 5.15. The zero-order chi connectivity index (χ0) is 24.1. The van der Waals surface area contributed by atoms with Crippen LogP contribution in [-0.2, 0) is 7.05 Å². The molecule has 0 saturated carbocycles. The summed E-state index contributed by atoms with van der Waals surface area (Å²) in [5.74, 6) is -2.86. The quantitative estimate of drug-likeness (QED) is 0.348. The molecule has 0 N–H and O–H groups in total. The third-order valence-corrected chi connectivity index (χ3v) is 5.76. The minimum atomic E-state index is -1.10. The van der Waals surface area contributed by atoms with E-state index in [2.05, 4.69) is 20.3 Å². The van der Waals surface area contributed by atoms with Gasteiger partial charge in [0.15, 0.2) is 5.65 Å². The SMILES string of the molecule is Cc1nnn(C)c1-c1cnc2nc(C)n(C(c3ccc(F)cc3F)c3ccc(F)cc3F)c2c1. The van der Waals surface area contributed by atoms with Gasteiger partial charge in [0.1, 0.15) is 29.1 Å². The monoisotopic (exact) mass is 466 g/mol. The molecule has 172 valence electrons. The molecular weight excluding hydrogens is 448 g/mol. The van der Waals surface area contributed by atoms with Crippen molar-refractivity contribution >= 4 is 11.2 Å². The van der Waals surface area contributed by atoms with E-state index in [1.165, 1.54) is 12.1 Å². The Labute approximate surface area is 191 Å². The van der Waals surface area contributed by atoms with E-state index in [0.29, 0.717) is 28.2 Å². The number of aromatic nitrogens is 6. The lowest BCUT2D eigenvalue weighted by Gasteiger charge is -2.23. The van der Waals surface area contributed by atoms with E-state index in [1.54, 1.807) is 42.4 Å². The summed E-state index contributed by atoms with van der Waals surface area (Å²) in [6.45, 7) is 3.48. The Bertz CT molecular complexity index is 1480. The Morgan fingerprint density at radius 2 is 1.47 bits per heavy atom. The Morgan fingerprint density at radius 1 is 0.853 bits per heavy atom. The predicted molar refractivity (Wildman–Crippen MR) is 117 cm³/mol. The molecule has 10 heteroatoms. The summed E-state index contributed by atoms with van der Waals surface area (Å²) in [7, 11) is 1.74. The summed E-state index contributed by atoms with van der Waals surface area (Å²) >= 11 is 0. The fourth-order valence-electron chi connectivity index (χ4n) is 4.29. The van der Waals surface area contributed by atoms with E-state index in [4.69, 9.17) is 0 Å². The molecule has 3 aromatic heterocycles. The van der Waals surface area contributed by atoms with Crippen LogP contribution in [0.25, 0.3) is 22.4 Å². The molecule has 0 spiro atoms. The lowest BCUT2D eigenvalue weighted by molar-refractivity contribution is 0.525. The zero-order valence-electron chi connectivity index (χ0n) is 18.4. The van der Waals surface area contributed by atoms with E-state index in [0.717, 1.165) is 30.0 Å². The van der Waals surface area contributed by atoms with Crippen LogP contribution in [0.2, 0.25) is 0 Å². The minimum absolute atomic E-state index is 0.00177. The highest BCUT2D eigenvalue weighted by Gasteiger charge is 2.28. The number of aryl methyl sites for hydroxylation is 3. The van der Waals surface area contributed by atoms with Crippen LogP contribution in [0.1, 0.15) is 28.7 Å². The van der Waals surface area contributed by atoms with Gasteiger partial charge in [0.05, 0.1) is 22.9 Å². The second kappa shape index (κ2) is 8.05. The average molecular weight is 466 g/mol. The second-order valence-electron chi connectivity index (χ2n) is 7.98. The van der Waals surface area contributed by atoms with Crippen LogP contribution in [0.4, 0.5) is 17.6 Å². The molecular formula is C24H18F4N6. The van der Waals surface area contributed by atoms with Gasteiger partial charge in [0.2, 0.25) is 0 Å². The molecule has 0 amide bonds. The molecule has 0 aliphatic heterocycles. The first-order valence-corrected chi connectivity index (χ1v) is 10.4. The maximum absolute atomic E-state index is 15.0. The van der Waals surface area contributed by atoms with Gasteiger partial charge < -0.3 is 4.57 Å². The lowest BCUT2D eigenvalue weighted by atomic mass is 9.96. The molecule has 3 heterocycles. The van der Waals surface area contributed by atoms with Crippen molar-refractivity contribution in [2.45, 2.75) is 19.9 Å². The molecule has 0 unspecified atom stereocenters. The van der Waals surface area contributed by atoms with E-state index in [9.17, 15) is 8.78 Å². The number of rotatable bonds is 4. The van der Waals surface area contributed by atoms with E-state index in [1.807, 2.05) is 0 Å². The topological polar surface area (TPSA) is 61.4 Å². The van der Waals surface area contributed by atoms with Gasteiger partial charge in [-0.2, -0.15) is 0 Å². The van der Waals surface area contributed by atoms with Crippen molar-refractivity contribution in [2.24, 2.45) is 7.05 Å². The fourth-order valence-corrected chi connectivity index (χ4v) is 4.29. The fraction of sp³-hybridized carbons (Fsp3) is 0.167. The largest absolute Gasteiger partial charge is 0.315 e. The smallest absolute Gasteiger partial charge is 0.177 e. The number of nitrogens with zero attached hydrogens (tertiary/aromatic N) is 6. The van der Waals surface area contributed by atoms with Gasteiger partial charge in [-0.15, -0.1) is 5.10 Å². The highest BCUT2D eigenvalue weighted by atomic mass is 19.1. The zero-order valence-corrected chi connectivity index (χ0v) is 18.4. The summed E-state index contributed by atoms with van der Waals surface area (Å²) in [6, 6.07) is 6.81. The Balaban J connectivity index is 1.82. The Morgan fingerprint density at radius 3 is 2.00 bits per heavy atom. The number of fused-ring (bicyclic) bond motifs is 1. The van der Waals surface area contributed by atoms with Crippen LogP contribution in [0.15, 0.2) is 48.7 Å².